The molecule has 1 amide bonds. The van der Waals surface area contributed by atoms with Gasteiger partial charge < -0.3 is 24.3 Å². The number of anilines is 1. The molecule has 1 aliphatic rings. The Morgan fingerprint density at radius 1 is 1.12 bits per heavy atom. The Balaban J connectivity index is 1.31. The first-order valence-electron chi connectivity index (χ1n) is 12.2. The largest absolute Gasteiger partial charge is 0.498 e. The van der Waals surface area contributed by atoms with Crippen LogP contribution in [0.4, 0.5) is 5.82 Å². The standard InChI is InChI=1S/C27H24N8O5/c1-4-39-23-15-35(16-12-30-25(11-28)31-13-16)34-26(23)27(36)33-24-6-5-17(14-32-24)40-20-7-8-29-19-10-22(38-3)21(37-2)9-18(19)20/h5-9,12-15,22H,4,10H2,1-3H3,(H,32,33,36). The number of carbonyl (C=O) groups is 1. The molecule has 4 heterocycles. The van der Waals surface area contributed by atoms with Crippen LogP contribution in [0.1, 0.15) is 34.5 Å². The topological polar surface area (TPSA) is 159 Å². The van der Waals surface area contributed by atoms with E-state index in [1.165, 1.54) is 23.3 Å². The van der Waals surface area contributed by atoms with Crippen LogP contribution in [-0.4, -0.2) is 62.6 Å². The molecule has 4 aromatic heterocycles. The highest BCUT2D eigenvalue weighted by molar-refractivity contribution is 6.04. The Hall–Kier alpha value is -5.35. The molecule has 1 N–H and O–H groups in total. The normalized spacial score (nSPS) is 13.9. The van der Waals surface area contributed by atoms with Crippen LogP contribution in [0.2, 0.25) is 0 Å². The van der Waals surface area contributed by atoms with Crippen molar-refractivity contribution < 1.29 is 23.7 Å². The zero-order chi connectivity index (χ0) is 28.1. The molecular weight excluding hydrogens is 516 g/mol. The van der Waals surface area contributed by atoms with Gasteiger partial charge in [-0.15, -0.1) is 0 Å². The van der Waals surface area contributed by atoms with Crippen LogP contribution in [0, 0.1) is 11.3 Å². The molecule has 5 rings (SSSR count). The number of nitrogens with one attached hydrogen (secondary N) is 1. The average Bonchev–Trinajstić information content (AvgIpc) is 3.42. The minimum Gasteiger partial charge on any atom is -0.498 e. The van der Waals surface area contributed by atoms with Crippen molar-refractivity contribution in [2.75, 3.05) is 26.1 Å². The zero-order valence-corrected chi connectivity index (χ0v) is 21.9. The monoisotopic (exact) mass is 540 g/mol. The van der Waals surface area contributed by atoms with Crippen LogP contribution in [0.25, 0.3) is 11.8 Å². The SMILES string of the molecule is CCOc1cn(-c2cnc(C#N)nc2)nc1C(=O)Nc1ccc(Oc2ccnc3c2C=C(OC)C(OC)C3)cn1. The van der Waals surface area contributed by atoms with E-state index in [1.54, 1.807) is 51.7 Å². The number of aromatic nitrogens is 6. The number of carbonyl (C=O) groups excluding carboxylic acids is 1. The lowest BCUT2D eigenvalue weighted by atomic mass is 9.98. The summed E-state index contributed by atoms with van der Waals surface area (Å²) in [6.45, 7) is 2.12. The molecule has 13 heteroatoms. The van der Waals surface area contributed by atoms with Crippen LogP contribution in [0.15, 0.2) is 54.9 Å². The van der Waals surface area contributed by atoms with Crippen molar-refractivity contribution >= 4 is 17.8 Å². The second-order valence-electron chi connectivity index (χ2n) is 8.38. The van der Waals surface area contributed by atoms with Gasteiger partial charge in [-0.05, 0) is 31.2 Å². The van der Waals surface area contributed by atoms with Crippen LogP contribution in [-0.2, 0) is 15.9 Å². The number of hydrogen-bond acceptors (Lipinski definition) is 11. The Bertz CT molecular complexity index is 1590. The lowest BCUT2D eigenvalue weighted by molar-refractivity contribution is 0.0786. The molecule has 0 spiro atoms. The summed E-state index contributed by atoms with van der Waals surface area (Å²) in [6, 6.07) is 6.92. The molecule has 0 saturated carbocycles. The van der Waals surface area contributed by atoms with Crippen molar-refractivity contribution in [2.24, 2.45) is 0 Å². The molecule has 1 unspecified atom stereocenters. The van der Waals surface area contributed by atoms with Gasteiger partial charge in [-0.2, -0.15) is 10.4 Å². The molecule has 0 bridgehead atoms. The molecule has 1 atom stereocenters. The molecule has 4 aromatic rings. The second kappa shape index (κ2) is 11.6. The first-order chi connectivity index (χ1) is 19.5. The van der Waals surface area contributed by atoms with Gasteiger partial charge in [-0.25, -0.2) is 19.6 Å². The molecule has 40 heavy (non-hydrogen) atoms. The molecular formula is C27H24N8O5. The van der Waals surface area contributed by atoms with E-state index >= 15 is 0 Å². The van der Waals surface area contributed by atoms with E-state index in [9.17, 15) is 4.79 Å². The molecule has 0 radical (unpaired) electrons. The van der Waals surface area contributed by atoms with Crippen molar-refractivity contribution in [3.05, 3.63) is 77.7 Å². The van der Waals surface area contributed by atoms with E-state index in [1.807, 2.05) is 12.1 Å². The highest BCUT2D eigenvalue weighted by Crippen LogP contribution is 2.34. The summed E-state index contributed by atoms with van der Waals surface area (Å²) in [5.41, 5.74) is 2.14. The molecule has 0 aromatic carbocycles. The number of rotatable bonds is 9. The van der Waals surface area contributed by atoms with E-state index in [4.69, 9.17) is 24.2 Å². The minimum absolute atomic E-state index is 0.0251. The molecule has 0 fully saturated rings. The zero-order valence-electron chi connectivity index (χ0n) is 21.9. The maximum Gasteiger partial charge on any atom is 0.281 e. The first kappa shape index (κ1) is 26.3. The van der Waals surface area contributed by atoms with Gasteiger partial charge in [0.25, 0.3) is 5.91 Å². The number of ether oxygens (including phenoxy) is 4. The quantitative estimate of drug-likeness (QED) is 0.332. The van der Waals surface area contributed by atoms with Crippen molar-refractivity contribution in [3.8, 4) is 29.0 Å². The Kier molecular flexibility index (Phi) is 7.61. The van der Waals surface area contributed by atoms with E-state index in [2.05, 4.69) is 30.4 Å². The van der Waals surface area contributed by atoms with Crippen LogP contribution in [0.3, 0.4) is 0 Å². The third-order valence-electron chi connectivity index (χ3n) is 5.94. The minimum atomic E-state index is -0.522. The molecule has 202 valence electrons. The summed E-state index contributed by atoms with van der Waals surface area (Å²) >= 11 is 0. The van der Waals surface area contributed by atoms with E-state index in [0.717, 1.165) is 11.3 Å². The highest BCUT2D eigenvalue weighted by Gasteiger charge is 2.25. The lowest BCUT2D eigenvalue weighted by Gasteiger charge is -2.24. The third kappa shape index (κ3) is 5.42. The van der Waals surface area contributed by atoms with Gasteiger partial charge >= 0.3 is 0 Å². The number of pyridine rings is 2. The summed E-state index contributed by atoms with van der Waals surface area (Å²) in [5, 5.41) is 16.0. The van der Waals surface area contributed by atoms with E-state index in [-0.39, 0.29) is 29.2 Å². The molecule has 13 nitrogen and oxygen atoms in total. The number of hydrogen-bond donors (Lipinski definition) is 1. The predicted octanol–water partition coefficient (Wildman–Crippen LogP) is 3.33. The number of nitrogens with zero attached hydrogens (tertiary/aromatic N) is 7. The maximum absolute atomic E-state index is 13.1. The summed E-state index contributed by atoms with van der Waals surface area (Å²) in [5.74, 6) is 1.80. The summed E-state index contributed by atoms with van der Waals surface area (Å²) in [4.78, 5) is 29.7. The van der Waals surface area contributed by atoms with E-state index < -0.39 is 5.91 Å². The van der Waals surface area contributed by atoms with Gasteiger partial charge in [0.05, 0.1) is 44.2 Å². The number of methoxy groups -OCH3 is 2. The summed E-state index contributed by atoms with van der Waals surface area (Å²) in [7, 11) is 3.22. The average molecular weight is 541 g/mol. The van der Waals surface area contributed by atoms with Crippen molar-refractivity contribution in [1.29, 1.82) is 5.26 Å². The summed E-state index contributed by atoms with van der Waals surface area (Å²) < 4.78 is 24.0. The fourth-order valence-electron chi connectivity index (χ4n) is 4.03. The van der Waals surface area contributed by atoms with Gasteiger partial charge in [-0.1, -0.05) is 0 Å². The molecule has 1 aliphatic carbocycles. The van der Waals surface area contributed by atoms with Crippen LogP contribution >= 0.6 is 0 Å². The smallest absolute Gasteiger partial charge is 0.281 e. The number of fused-ring (bicyclic) bond motifs is 1. The Morgan fingerprint density at radius 3 is 2.62 bits per heavy atom. The lowest BCUT2D eigenvalue weighted by Crippen LogP contribution is -2.23. The molecule has 0 saturated heterocycles. The van der Waals surface area contributed by atoms with Gasteiger partial charge in [0, 0.05) is 25.3 Å². The fourth-order valence-corrected chi connectivity index (χ4v) is 4.03. The number of amides is 1. The van der Waals surface area contributed by atoms with Crippen molar-refractivity contribution in [2.45, 2.75) is 19.4 Å². The first-order valence-corrected chi connectivity index (χ1v) is 12.2. The predicted molar refractivity (Wildman–Crippen MR) is 141 cm³/mol. The third-order valence-corrected chi connectivity index (χ3v) is 5.94. The fraction of sp³-hybridized carbons (Fsp3) is 0.222. The van der Waals surface area contributed by atoms with E-state index in [0.29, 0.717) is 36.0 Å². The molecule has 0 aliphatic heterocycles. The maximum atomic E-state index is 13.1. The number of nitriles is 1. The Morgan fingerprint density at radius 2 is 1.95 bits per heavy atom. The highest BCUT2D eigenvalue weighted by atomic mass is 16.5. The van der Waals surface area contributed by atoms with Gasteiger partial charge in [0.2, 0.25) is 5.82 Å². The van der Waals surface area contributed by atoms with Crippen molar-refractivity contribution in [1.82, 2.24) is 29.7 Å². The van der Waals surface area contributed by atoms with Gasteiger partial charge in [-0.3, -0.25) is 9.78 Å². The van der Waals surface area contributed by atoms with Crippen LogP contribution in [0.5, 0.6) is 17.2 Å². The van der Waals surface area contributed by atoms with Gasteiger partial charge in [0.15, 0.2) is 11.4 Å². The van der Waals surface area contributed by atoms with Crippen molar-refractivity contribution in [3.63, 3.8) is 0 Å². The Labute approximate surface area is 229 Å². The van der Waals surface area contributed by atoms with Crippen LogP contribution < -0.4 is 14.8 Å². The van der Waals surface area contributed by atoms with Gasteiger partial charge in [0.1, 0.15) is 40.9 Å². The second-order valence-corrected chi connectivity index (χ2v) is 8.38. The summed E-state index contributed by atoms with van der Waals surface area (Å²) in [6.07, 6.45) is 9.78.